The van der Waals surface area contributed by atoms with E-state index in [2.05, 4.69) is 13.0 Å². The molecule has 0 spiro atoms. The van der Waals surface area contributed by atoms with Gasteiger partial charge in [0, 0.05) is 6.61 Å². The number of aliphatic hydroxyl groups is 2. The SMILES string of the molecule is CCCCCCCCCCCCCCCC[C@@H](O)/C=C\CCCCCCCCCO. The first-order chi connectivity index (χ1) is 14.8. The van der Waals surface area contributed by atoms with Gasteiger partial charge in [-0.05, 0) is 25.7 Å². The van der Waals surface area contributed by atoms with E-state index in [-0.39, 0.29) is 6.10 Å². The van der Waals surface area contributed by atoms with Crippen LogP contribution in [0.2, 0.25) is 0 Å². The Balaban J connectivity index is 3.20. The molecule has 0 aromatic rings. The summed E-state index contributed by atoms with van der Waals surface area (Å²) in [4.78, 5) is 0. The summed E-state index contributed by atoms with van der Waals surface area (Å²) in [6, 6.07) is 0. The molecule has 0 rings (SSSR count). The van der Waals surface area contributed by atoms with Crippen LogP contribution in [-0.4, -0.2) is 22.9 Å². The zero-order chi connectivity index (χ0) is 22.0. The van der Waals surface area contributed by atoms with Crippen LogP contribution in [0.3, 0.4) is 0 Å². The van der Waals surface area contributed by atoms with Crippen molar-refractivity contribution < 1.29 is 10.2 Å². The average Bonchev–Trinajstić information content (AvgIpc) is 2.75. The smallest absolute Gasteiger partial charge is 0.0720 e. The Morgan fingerprint density at radius 2 is 0.933 bits per heavy atom. The third-order valence-electron chi connectivity index (χ3n) is 6.24. The molecule has 0 aromatic heterocycles. The van der Waals surface area contributed by atoms with Crippen molar-refractivity contribution in [2.75, 3.05) is 6.61 Å². The van der Waals surface area contributed by atoms with Gasteiger partial charge >= 0.3 is 0 Å². The van der Waals surface area contributed by atoms with Crippen LogP contribution in [0.15, 0.2) is 12.2 Å². The number of aliphatic hydroxyl groups excluding tert-OH is 2. The molecule has 30 heavy (non-hydrogen) atoms. The lowest BCUT2D eigenvalue weighted by molar-refractivity contribution is 0.207. The summed E-state index contributed by atoms with van der Waals surface area (Å²) in [6.07, 6.45) is 33.9. The van der Waals surface area contributed by atoms with Gasteiger partial charge in [-0.3, -0.25) is 0 Å². The van der Waals surface area contributed by atoms with Crippen molar-refractivity contribution in [1.29, 1.82) is 0 Å². The summed E-state index contributed by atoms with van der Waals surface area (Å²) < 4.78 is 0. The molecule has 0 aromatic carbocycles. The van der Waals surface area contributed by atoms with Crippen molar-refractivity contribution in [2.45, 2.75) is 161 Å². The highest BCUT2D eigenvalue weighted by molar-refractivity contribution is 4.88. The normalized spacial score (nSPS) is 12.8. The number of unbranched alkanes of at least 4 members (excludes halogenated alkanes) is 20. The monoisotopic (exact) mass is 424 g/mol. The topological polar surface area (TPSA) is 40.5 Å². The number of hydrogen-bond acceptors (Lipinski definition) is 2. The van der Waals surface area contributed by atoms with E-state index in [0.717, 1.165) is 25.7 Å². The summed E-state index contributed by atoms with van der Waals surface area (Å²) in [7, 11) is 0. The molecule has 2 heteroatoms. The molecular formula is C28H56O2. The fourth-order valence-electron chi connectivity index (χ4n) is 4.16. The van der Waals surface area contributed by atoms with Gasteiger partial charge in [0.2, 0.25) is 0 Å². The summed E-state index contributed by atoms with van der Waals surface area (Å²) in [6.45, 7) is 2.63. The van der Waals surface area contributed by atoms with Crippen LogP contribution >= 0.6 is 0 Å². The van der Waals surface area contributed by atoms with Gasteiger partial charge in [0.1, 0.15) is 0 Å². The van der Waals surface area contributed by atoms with Crippen LogP contribution in [-0.2, 0) is 0 Å². The Morgan fingerprint density at radius 3 is 1.40 bits per heavy atom. The number of allylic oxidation sites excluding steroid dienone is 1. The van der Waals surface area contributed by atoms with Gasteiger partial charge < -0.3 is 10.2 Å². The summed E-state index contributed by atoms with van der Waals surface area (Å²) in [5.41, 5.74) is 0. The molecule has 0 saturated carbocycles. The Bertz CT molecular complexity index is 327. The van der Waals surface area contributed by atoms with Crippen LogP contribution < -0.4 is 0 Å². The van der Waals surface area contributed by atoms with E-state index in [1.807, 2.05) is 6.08 Å². The van der Waals surface area contributed by atoms with Crippen LogP contribution in [0, 0.1) is 0 Å². The molecule has 2 nitrogen and oxygen atoms in total. The second-order valence-corrected chi connectivity index (χ2v) is 9.37. The van der Waals surface area contributed by atoms with E-state index >= 15 is 0 Å². The summed E-state index contributed by atoms with van der Waals surface area (Å²) in [5, 5.41) is 18.8. The molecule has 0 saturated heterocycles. The molecule has 0 aliphatic heterocycles. The third-order valence-corrected chi connectivity index (χ3v) is 6.24. The number of rotatable bonds is 25. The van der Waals surface area contributed by atoms with Gasteiger partial charge in [0.15, 0.2) is 0 Å². The highest BCUT2D eigenvalue weighted by atomic mass is 16.3. The van der Waals surface area contributed by atoms with E-state index in [0.29, 0.717) is 6.61 Å². The van der Waals surface area contributed by atoms with E-state index < -0.39 is 0 Å². The third kappa shape index (κ3) is 25.7. The Hall–Kier alpha value is -0.340. The molecule has 0 bridgehead atoms. The van der Waals surface area contributed by atoms with Crippen molar-refractivity contribution in [2.24, 2.45) is 0 Å². The van der Waals surface area contributed by atoms with Crippen molar-refractivity contribution in [1.82, 2.24) is 0 Å². The second-order valence-electron chi connectivity index (χ2n) is 9.37. The lowest BCUT2D eigenvalue weighted by atomic mass is 10.0. The highest BCUT2D eigenvalue weighted by Gasteiger charge is 1.99. The molecule has 1 atom stereocenters. The van der Waals surface area contributed by atoms with Crippen molar-refractivity contribution in [3.8, 4) is 0 Å². The second kappa shape index (κ2) is 26.7. The summed E-state index contributed by atoms with van der Waals surface area (Å²) >= 11 is 0. The molecule has 180 valence electrons. The Morgan fingerprint density at radius 1 is 0.533 bits per heavy atom. The molecule has 0 aliphatic rings. The van der Waals surface area contributed by atoms with Gasteiger partial charge in [-0.15, -0.1) is 0 Å². The van der Waals surface area contributed by atoms with Crippen molar-refractivity contribution in [3.05, 3.63) is 12.2 Å². The molecule has 0 fully saturated rings. The molecule has 0 heterocycles. The molecular weight excluding hydrogens is 368 g/mol. The molecule has 2 N–H and O–H groups in total. The first kappa shape index (κ1) is 29.7. The first-order valence-electron chi connectivity index (χ1n) is 13.8. The fourth-order valence-corrected chi connectivity index (χ4v) is 4.16. The lowest BCUT2D eigenvalue weighted by Crippen LogP contribution is -2.01. The predicted octanol–water partition coefficient (Wildman–Crippen LogP) is 8.89. The fraction of sp³-hybridized carbons (Fsp3) is 0.929. The van der Waals surface area contributed by atoms with Gasteiger partial charge in [0.25, 0.3) is 0 Å². The standard InChI is InChI=1S/C28H56O2/c1-2-3-4-5-6-7-8-9-10-11-13-16-19-22-25-28(30)26-23-20-17-14-12-15-18-21-24-27-29/h23,26,28-30H,2-22,24-25,27H2,1H3/b26-23-/t28-/m1/s1. The molecule has 0 unspecified atom stereocenters. The minimum absolute atomic E-state index is 0.235. The quantitative estimate of drug-likeness (QED) is 0.113. The van der Waals surface area contributed by atoms with Gasteiger partial charge in [-0.1, -0.05) is 141 Å². The maximum atomic E-state index is 10.1. The zero-order valence-electron chi connectivity index (χ0n) is 20.6. The predicted molar refractivity (Wildman–Crippen MR) is 134 cm³/mol. The number of hydrogen-bond donors (Lipinski definition) is 2. The minimum Gasteiger partial charge on any atom is -0.396 e. The maximum Gasteiger partial charge on any atom is 0.0720 e. The lowest BCUT2D eigenvalue weighted by Gasteiger charge is -2.06. The highest BCUT2D eigenvalue weighted by Crippen LogP contribution is 2.14. The van der Waals surface area contributed by atoms with Gasteiger partial charge in [-0.25, -0.2) is 0 Å². The van der Waals surface area contributed by atoms with E-state index in [1.54, 1.807) is 0 Å². The maximum absolute atomic E-state index is 10.1. The van der Waals surface area contributed by atoms with E-state index in [9.17, 15) is 5.11 Å². The largest absolute Gasteiger partial charge is 0.396 e. The van der Waals surface area contributed by atoms with Gasteiger partial charge in [0.05, 0.1) is 6.10 Å². The van der Waals surface area contributed by atoms with Crippen molar-refractivity contribution in [3.63, 3.8) is 0 Å². The molecule has 0 radical (unpaired) electrons. The van der Waals surface area contributed by atoms with Crippen LogP contribution in [0.1, 0.15) is 155 Å². The summed E-state index contributed by atoms with van der Waals surface area (Å²) in [5.74, 6) is 0. The molecule has 0 aliphatic carbocycles. The zero-order valence-corrected chi connectivity index (χ0v) is 20.6. The Labute approximate surface area is 189 Å². The van der Waals surface area contributed by atoms with Crippen molar-refractivity contribution >= 4 is 0 Å². The van der Waals surface area contributed by atoms with Crippen LogP contribution in [0.5, 0.6) is 0 Å². The molecule has 0 amide bonds. The minimum atomic E-state index is -0.235. The van der Waals surface area contributed by atoms with E-state index in [4.69, 9.17) is 5.11 Å². The average molecular weight is 425 g/mol. The first-order valence-corrected chi connectivity index (χ1v) is 13.8. The van der Waals surface area contributed by atoms with E-state index in [1.165, 1.54) is 122 Å². The van der Waals surface area contributed by atoms with Crippen LogP contribution in [0.25, 0.3) is 0 Å². The van der Waals surface area contributed by atoms with Gasteiger partial charge in [-0.2, -0.15) is 0 Å². The van der Waals surface area contributed by atoms with Crippen LogP contribution in [0.4, 0.5) is 0 Å². The Kier molecular flexibility index (Phi) is 26.4.